The van der Waals surface area contributed by atoms with Gasteiger partial charge >= 0.3 is 0 Å². The molecule has 4 aliphatic carbocycles. The Morgan fingerprint density at radius 3 is 2.67 bits per heavy atom. The summed E-state index contributed by atoms with van der Waals surface area (Å²) < 4.78 is 13.1. The monoisotopic (exact) mass is 571 g/mol. The van der Waals surface area contributed by atoms with Gasteiger partial charge in [-0.3, -0.25) is 24.4 Å². The zero-order chi connectivity index (χ0) is 29.7. The number of nitrogens with zero attached hydrogens (tertiary/aromatic N) is 2. The van der Waals surface area contributed by atoms with E-state index in [9.17, 15) is 19.5 Å². The third-order valence-corrected chi connectivity index (χ3v) is 11.0. The Balaban J connectivity index is 1.19. The van der Waals surface area contributed by atoms with Crippen LogP contribution in [0.4, 0.5) is 0 Å². The zero-order valence-electron chi connectivity index (χ0n) is 24.4. The highest BCUT2D eigenvalue weighted by molar-refractivity contribution is 6.02. The predicted octanol–water partition coefficient (Wildman–Crippen LogP) is 3.71. The van der Waals surface area contributed by atoms with Crippen LogP contribution in [0.5, 0.6) is 0 Å². The lowest BCUT2D eigenvalue weighted by Crippen LogP contribution is -2.64. The van der Waals surface area contributed by atoms with Crippen molar-refractivity contribution in [2.45, 2.75) is 77.0 Å². The Bertz CT molecular complexity index is 1580. The molecule has 1 aromatic carbocycles. The normalized spacial score (nSPS) is 39.6. The maximum absolute atomic E-state index is 14.4. The Hall–Kier alpha value is -3.27. The highest BCUT2D eigenvalue weighted by Crippen LogP contribution is 2.70. The van der Waals surface area contributed by atoms with Crippen LogP contribution in [0.25, 0.3) is 11.0 Å². The van der Waals surface area contributed by atoms with E-state index in [1.165, 1.54) is 0 Å². The van der Waals surface area contributed by atoms with Gasteiger partial charge in [0, 0.05) is 34.7 Å². The van der Waals surface area contributed by atoms with Gasteiger partial charge in [-0.2, -0.15) is 0 Å². The minimum atomic E-state index is -1.31. The molecule has 42 heavy (non-hydrogen) atoms. The number of rotatable bonds is 4. The molecule has 2 heterocycles. The van der Waals surface area contributed by atoms with Crippen LogP contribution in [-0.4, -0.2) is 62.7 Å². The Morgan fingerprint density at radius 2 is 1.88 bits per heavy atom. The summed E-state index contributed by atoms with van der Waals surface area (Å²) in [4.78, 5) is 48.2. The molecule has 3 saturated carbocycles. The Morgan fingerprint density at radius 1 is 1.12 bits per heavy atom. The molecule has 0 bridgehead atoms. The van der Waals surface area contributed by atoms with Crippen molar-refractivity contribution < 1.29 is 29.0 Å². The summed E-state index contributed by atoms with van der Waals surface area (Å²) in [6.45, 7) is 7.61. The van der Waals surface area contributed by atoms with E-state index in [0.29, 0.717) is 29.4 Å². The summed E-state index contributed by atoms with van der Waals surface area (Å²) in [6.07, 6.45) is 9.91. The zero-order valence-corrected chi connectivity index (χ0v) is 24.4. The number of carbonyl (C=O) groups is 3. The summed E-state index contributed by atoms with van der Waals surface area (Å²) in [6, 6.07) is 5.06. The van der Waals surface area contributed by atoms with Gasteiger partial charge in [0.1, 0.15) is 0 Å². The molecular weight excluding hydrogens is 534 g/mol. The number of aliphatic hydroxyl groups excluding tert-OH is 1. The van der Waals surface area contributed by atoms with Crippen LogP contribution in [0, 0.1) is 28.6 Å². The van der Waals surface area contributed by atoms with Crippen molar-refractivity contribution in [1.29, 1.82) is 0 Å². The van der Waals surface area contributed by atoms with Crippen LogP contribution in [0.3, 0.4) is 0 Å². The fourth-order valence-corrected chi connectivity index (χ4v) is 9.42. The number of hydrogen-bond acceptors (Lipinski definition) is 8. The van der Waals surface area contributed by atoms with Crippen LogP contribution >= 0.6 is 0 Å². The van der Waals surface area contributed by atoms with E-state index in [1.807, 2.05) is 19.9 Å². The molecule has 9 nitrogen and oxygen atoms in total. The smallest absolute Gasteiger partial charge is 0.251 e. The van der Waals surface area contributed by atoms with Crippen molar-refractivity contribution in [2.24, 2.45) is 28.6 Å². The molecule has 6 unspecified atom stereocenters. The van der Waals surface area contributed by atoms with E-state index >= 15 is 0 Å². The quantitative estimate of drug-likeness (QED) is 0.569. The molecular formula is C33H37N3O6. The molecule has 5 aliphatic rings. The third-order valence-electron chi connectivity index (χ3n) is 11.0. The number of ether oxygens (including phenoxy) is 2. The first kappa shape index (κ1) is 27.6. The molecule has 0 spiro atoms. The first-order chi connectivity index (χ1) is 19.9. The summed E-state index contributed by atoms with van der Waals surface area (Å²) >= 11 is 0. The number of ketones is 2. The fourth-order valence-electron chi connectivity index (χ4n) is 9.42. The minimum Gasteiger partial charge on any atom is -0.393 e. The largest absolute Gasteiger partial charge is 0.393 e. The van der Waals surface area contributed by atoms with E-state index in [1.54, 1.807) is 42.7 Å². The molecule has 1 saturated heterocycles. The predicted molar refractivity (Wildman–Crippen MR) is 153 cm³/mol. The number of carbonyl (C=O) groups excluding carboxylic acids is 3. The number of hydrogen-bond donors (Lipinski definition) is 2. The van der Waals surface area contributed by atoms with E-state index in [4.69, 9.17) is 9.47 Å². The average molecular weight is 572 g/mol. The van der Waals surface area contributed by atoms with Crippen LogP contribution in [0.1, 0.15) is 63.7 Å². The van der Waals surface area contributed by atoms with E-state index < -0.39 is 34.4 Å². The number of aliphatic hydroxyl groups is 1. The van der Waals surface area contributed by atoms with Gasteiger partial charge < -0.3 is 19.9 Å². The van der Waals surface area contributed by atoms with Gasteiger partial charge in [0.2, 0.25) is 0 Å². The maximum atomic E-state index is 14.4. The van der Waals surface area contributed by atoms with Gasteiger partial charge in [0.05, 0.1) is 29.8 Å². The first-order valence-electron chi connectivity index (χ1n) is 14.9. The fraction of sp³-hybridized carbons (Fsp3) is 0.545. The number of allylic oxidation sites excluding steroid dienone is 4. The number of fused-ring (bicyclic) bond motifs is 8. The number of Topliss-reactive ketones (excluding diaryl/α,β-unsaturated/α-hetero) is 1. The first-order valence-corrected chi connectivity index (χ1v) is 14.9. The molecule has 7 rings (SSSR count). The molecule has 1 amide bonds. The Labute approximate surface area is 244 Å². The molecule has 1 aromatic heterocycles. The van der Waals surface area contributed by atoms with Crippen LogP contribution in [-0.2, 0) is 19.1 Å². The molecule has 2 aromatic rings. The van der Waals surface area contributed by atoms with Gasteiger partial charge in [-0.25, -0.2) is 0 Å². The van der Waals surface area contributed by atoms with Crippen molar-refractivity contribution in [3.05, 3.63) is 60.0 Å². The van der Waals surface area contributed by atoms with Crippen molar-refractivity contribution in [1.82, 2.24) is 15.3 Å². The molecule has 8 atom stereocenters. The van der Waals surface area contributed by atoms with Crippen molar-refractivity contribution in [2.75, 3.05) is 6.54 Å². The summed E-state index contributed by atoms with van der Waals surface area (Å²) in [5, 5.41) is 14.7. The van der Waals surface area contributed by atoms with Crippen molar-refractivity contribution in [3.63, 3.8) is 0 Å². The second-order valence-corrected chi connectivity index (χ2v) is 13.7. The molecule has 1 aliphatic heterocycles. The van der Waals surface area contributed by atoms with Gasteiger partial charge in [-0.1, -0.05) is 25.5 Å². The maximum Gasteiger partial charge on any atom is 0.251 e. The van der Waals surface area contributed by atoms with Crippen LogP contribution in [0.2, 0.25) is 0 Å². The van der Waals surface area contributed by atoms with Crippen molar-refractivity contribution in [3.8, 4) is 0 Å². The summed E-state index contributed by atoms with van der Waals surface area (Å²) in [5.41, 5.74) is 0.309. The molecule has 0 radical (unpaired) electrons. The van der Waals surface area contributed by atoms with Gasteiger partial charge in [-0.05, 0) is 81.7 Å². The highest BCUT2D eigenvalue weighted by atomic mass is 16.8. The second kappa shape index (κ2) is 9.11. The van der Waals surface area contributed by atoms with Crippen LogP contribution in [0.15, 0.2) is 54.4 Å². The lowest BCUT2D eigenvalue weighted by molar-refractivity contribution is -0.224. The number of amides is 1. The summed E-state index contributed by atoms with van der Waals surface area (Å²) in [5.74, 6) is -1.50. The lowest BCUT2D eigenvalue weighted by Gasteiger charge is -2.60. The molecule has 4 fully saturated rings. The molecule has 2 N–H and O–H groups in total. The average Bonchev–Trinajstić information content (AvgIpc) is 3.36. The highest BCUT2D eigenvalue weighted by Gasteiger charge is 2.76. The lowest BCUT2D eigenvalue weighted by atomic mass is 9.46. The number of nitrogens with one attached hydrogen (secondary N) is 1. The standard InChI is InChI=1S/C33H37N3O6/c1-30(2)41-27-15-22-21-7-6-19-14-20(37)9-10-31(19,3)28(21)25(38)16-32(22,4)33(27,42-30)26(39)17-36-29(40)18-5-8-23-24(13-18)35-12-11-34-23/h5,8-14,21-22,25,27-28,38H,6-7,15-17H2,1-4H3,(H,36,40)/t21?,22?,25?,27-,28?,31?,32?,33-/m1/s1. The number of aromatic nitrogens is 2. The van der Waals surface area contributed by atoms with Gasteiger partial charge in [-0.15, -0.1) is 0 Å². The van der Waals surface area contributed by atoms with Crippen molar-refractivity contribution >= 4 is 28.5 Å². The molecule has 9 heteroatoms. The van der Waals surface area contributed by atoms with E-state index in [-0.39, 0.29) is 41.8 Å². The van der Waals surface area contributed by atoms with Crippen LogP contribution < -0.4 is 5.32 Å². The van der Waals surface area contributed by atoms with E-state index in [2.05, 4.69) is 29.1 Å². The van der Waals surface area contributed by atoms with Gasteiger partial charge in [0.15, 0.2) is 23.0 Å². The van der Waals surface area contributed by atoms with Gasteiger partial charge in [0.25, 0.3) is 5.91 Å². The Kier molecular flexibility index (Phi) is 5.98. The SMILES string of the molecule is CC1(C)O[C@@H]2CC3C4CCC5=CC(=O)C=CC5(C)C4C(O)CC3(C)[C@]2(C(=O)CNC(=O)c2ccc3nccnc3c2)O1. The second-order valence-electron chi connectivity index (χ2n) is 13.7. The summed E-state index contributed by atoms with van der Waals surface area (Å²) in [7, 11) is 0. The molecule has 220 valence electrons. The minimum absolute atomic E-state index is 0.00120. The third kappa shape index (κ3) is 3.76. The van der Waals surface area contributed by atoms with E-state index in [0.717, 1.165) is 18.4 Å². The number of benzene rings is 1. The topological polar surface area (TPSA) is 128 Å².